The van der Waals surface area contributed by atoms with Gasteiger partial charge in [0, 0.05) is 26.4 Å². The molecule has 0 aliphatic rings. The van der Waals surface area contributed by atoms with Crippen LogP contribution in [0.2, 0.25) is 0 Å². The summed E-state index contributed by atoms with van der Waals surface area (Å²) in [5, 5.41) is 0. The Hall–Kier alpha value is -1.62. The molecule has 0 rings (SSSR count). The monoisotopic (exact) mass is 459 g/mol. The number of phosphoric acid groups is 1. The molecule has 0 spiro atoms. The Morgan fingerprint density at radius 3 is 1.66 bits per heavy atom. The summed E-state index contributed by atoms with van der Waals surface area (Å²) in [6.45, 7) is 9.20. The van der Waals surface area contributed by atoms with Crippen molar-refractivity contribution < 1.29 is 56.7 Å². The van der Waals surface area contributed by atoms with E-state index in [4.69, 9.17) is 0 Å². The van der Waals surface area contributed by atoms with Crippen LogP contribution in [0.1, 0.15) is 6.92 Å². The topological polar surface area (TPSA) is 184 Å². The summed E-state index contributed by atoms with van der Waals surface area (Å²) in [5.74, 6) is -1.33. The summed E-state index contributed by atoms with van der Waals surface area (Å²) < 4.78 is 42.2. The molecule has 0 aliphatic carbocycles. The maximum absolute atomic E-state index is 10.8. The van der Waals surface area contributed by atoms with Crippen molar-refractivity contribution in [3.63, 3.8) is 0 Å². The standard InChI is InChI=1S/C6H12O9P2.C6H10O3.C3H6/c1-13-3-4-14-6(7)2-5-16(8,9)15-17(10,11)12;1-3-6(7)9-5-4-8-2;1-3-2/h2,5H,3-4H2,1H3,(H,8,9)(H2,10,11,12);3H,1,4-5H2,2H3;3H,1H2,2H3/p-3/b5-2+;;. The minimum Gasteiger partial charge on any atom is -0.790 e. The highest BCUT2D eigenvalue weighted by atomic mass is 31.3. The van der Waals surface area contributed by atoms with Gasteiger partial charge >= 0.3 is 11.9 Å². The van der Waals surface area contributed by atoms with Crippen LogP contribution in [0, 0.1) is 0 Å². The molecule has 0 saturated carbocycles. The second-order valence-electron chi connectivity index (χ2n) is 4.32. The van der Waals surface area contributed by atoms with Crippen LogP contribution in [-0.2, 0) is 42.0 Å². The molecule has 12 nitrogen and oxygen atoms in total. The van der Waals surface area contributed by atoms with Crippen molar-refractivity contribution in [1.29, 1.82) is 0 Å². The van der Waals surface area contributed by atoms with E-state index < -0.39 is 27.4 Å². The highest BCUT2D eigenvalue weighted by molar-refractivity contribution is 7.63. The van der Waals surface area contributed by atoms with Gasteiger partial charge < -0.3 is 47.1 Å². The highest BCUT2D eigenvalue weighted by Crippen LogP contribution is 2.50. The number of esters is 2. The van der Waals surface area contributed by atoms with Crippen molar-refractivity contribution in [2.75, 3.05) is 40.6 Å². The Labute approximate surface area is 169 Å². The molecular weight excluding hydrogens is 434 g/mol. The molecule has 0 aliphatic heterocycles. The number of carbonyl (C=O) groups excluding carboxylic acids is 2. The van der Waals surface area contributed by atoms with Crippen LogP contribution < -0.4 is 14.7 Å². The zero-order chi connectivity index (χ0) is 23.3. The number of ether oxygens (including phenoxy) is 4. The van der Waals surface area contributed by atoms with Gasteiger partial charge in [-0.2, -0.15) is 0 Å². The molecule has 29 heavy (non-hydrogen) atoms. The van der Waals surface area contributed by atoms with E-state index in [1.807, 2.05) is 6.92 Å². The predicted octanol–water partition coefficient (Wildman–Crippen LogP) is -0.357. The molecule has 0 radical (unpaired) electrons. The van der Waals surface area contributed by atoms with Crippen LogP contribution >= 0.6 is 15.4 Å². The molecule has 0 aromatic rings. The van der Waals surface area contributed by atoms with E-state index in [1.165, 1.54) is 7.11 Å². The van der Waals surface area contributed by atoms with Gasteiger partial charge in [-0.3, -0.25) is 0 Å². The SMILES string of the molecule is C=CC.C=CC(=O)OCCOC.COCCOC(=O)/C=C/P(=O)([O-])OP(=O)([O-])[O-]. The van der Waals surface area contributed by atoms with E-state index in [-0.39, 0.29) is 19.0 Å². The second kappa shape index (κ2) is 19.7. The molecule has 0 aromatic heterocycles. The van der Waals surface area contributed by atoms with E-state index >= 15 is 0 Å². The summed E-state index contributed by atoms with van der Waals surface area (Å²) in [5.41, 5.74) is 0. The van der Waals surface area contributed by atoms with Gasteiger partial charge in [-0.05, 0) is 12.7 Å². The highest BCUT2D eigenvalue weighted by Gasteiger charge is 2.07. The number of rotatable bonds is 11. The smallest absolute Gasteiger partial charge is 0.331 e. The molecule has 170 valence electrons. The lowest BCUT2D eigenvalue weighted by atomic mass is 10.6. The third kappa shape index (κ3) is 31.3. The van der Waals surface area contributed by atoms with Crippen molar-refractivity contribution in [3.8, 4) is 0 Å². The maximum Gasteiger partial charge on any atom is 0.331 e. The van der Waals surface area contributed by atoms with E-state index in [0.717, 1.165) is 6.08 Å². The minimum absolute atomic E-state index is 0.106. The summed E-state index contributed by atoms with van der Waals surface area (Å²) in [6.07, 6.45) is 3.29. The Kier molecular flexibility index (Phi) is 21.8. The molecule has 1 unspecified atom stereocenters. The second-order valence-corrected chi connectivity index (χ2v) is 7.24. The molecule has 14 heteroatoms. The van der Waals surface area contributed by atoms with Crippen LogP contribution in [0.15, 0.2) is 37.2 Å². The molecular formula is C15H25O12P2-3. The Morgan fingerprint density at radius 2 is 1.31 bits per heavy atom. The Bertz CT molecular complexity index is 596. The van der Waals surface area contributed by atoms with E-state index in [9.17, 15) is 33.4 Å². The number of methoxy groups -OCH3 is 2. The summed E-state index contributed by atoms with van der Waals surface area (Å²) in [6, 6.07) is 0. The van der Waals surface area contributed by atoms with Gasteiger partial charge in [0.15, 0.2) is 7.60 Å². The van der Waals surface area contributed by atoms with Gasteiger partial charge in [0.2, 0.25) is 0 Å². The molecule has 1 atom stereocenters. The fourth-order valence-corrected chi connectivity index (χ4v) is 2.51. The van der Waals surface area contributed by atoms with Crippen LogP contribution in [0.3, 0.4) is 0 Å². The normalized spacial score (nSPS) is 12.3. The quantitative estimate of drug-likeness (QED) is 0.129. The van der Waals surface area contributed by atoms with Crippen LogP contribution in [0.25, 0.3) is 0 Å². The largest absolute Gasteiger partial charge is 0.790 e. The Morgan fingerprint density at radius 1 is 0.897 bits per heavy atom. The van der Waals surface area contributed by atoms with Crippen molar-refractivity contribution in [2.24, 2.45) is 0 Å². The van der Waals surface area contributed by atoms with Crippen LogP contribution in [0.4, 0.5) is 0 Å². The first-order valence-electron chi connectivity index (χ1n) is 7.63. The lowest BCUT2D eigenvalue weighted by Gasteiger charge is -2.34. The fourth-order valence-electron chi connectivity index (χ4n) is 0.877. The zero-order valence-electron chi connectivity index (χ0n) is 16.3. The summed E-state index contributed by atoms with van der Waals surface area (Å²) in [4.78, 5) is 51.9. The van der Waals surface area contributed by atoms with Gasteiger partial charge in [-0.15, -0.1) is 6.58 Å². The van der Waals surface area contributed by atoms with E-state index in [2.05, 4.69) is 36.4 Å². The van der Waals surface area contributed by atoms with Gasteiger partial charge in [0.1, 0.15) is 13.2 Å². The van der Waals surface area contributed by atoms with Crippen LogP contribution in [-0.4, -0.2) is 52.6 Å². The number of hydrogen-bond acceptors (Lipinski definition) is 12. The number of carbonyl (C=O) groups is 2. The summed E-state index contributed by atoms with van der Waals surface area (Å²) in [7, 11) is -7.82. The van der Waals surface area contributed by atoms with Crippen molar-refractivity contribution in [1.82, 2.24) is 0 Å². The van der Waals surface area contributed by atoms with Crippen molar-refractivity contribution in [3.05, 3.63) is 37.2 Å². The first-order chi connectivity index (χ1) is 13.4. The van der Waals surface area contributed by atoms with Crippen LogP contribution in [0.5, 0.6) is 0 Å². The average Bonchev–Trinajstić information content (AvgIpc) is 2.59. The molecule has 0 fully saturated rings. The van der Waals surface area contributed by atoms with Gasteiger partial charge in [0.05, 0.1) is 21.0 Å². The minimum atomic E-state index is -5.67. The lowest BCUT2D eigenvalue weighted by molar-refractivity contribution is -0.337. The molecule has 0 bridgehead atoms. The van der Waals surface area contributed by atoms with Crippen molar-refractivity contribution >= 4 is 27.4 Å². The Balaban J connectivity index is -0.000000471. The molecule has 0 heterocycles. The lowest BCUT2D eigenvalue weighted by Crippen LogP contribution is -2.17. The van der Waals surface area contributed by atoms with Gasteiger partial charge in [-0.25, -0.2) is 9.59 Å². The maximum atomic E-state index is 10.8. The third-order valence-corrected chi connectivity index (χ3v) is 4.06. The number of hydrogen-bond donors (Lipinski definition) is 0. The molecule has 0 N–H and O–H groups in total. The van der Waals surface area contributed by atoms with Gasteiger partial charge in [-0.1, -0.05) is 12.7 Å². The molecule has 0 amide bonds. The molecule has 0 aromatic carbocycles. The van der Waals surface area contributed by atoms with Gasteiger partial charge in [0.25, 0.3) is 0 Å². The van der Waals surface area contributed by atoms with Crippen molar-refractivity contribution in [2.45, 2.75) is 6.92 Å². The van der Waals surface area contributed by atoms with E-state index in [1.54, 1.807) is 13.2 Å². The molecule has 0 saturated heterocycles. The first-order valence-corrected chi connectivity index (χ1v) is 10.7. The number of allylic oxidation sites excluding steroid dienone is 1. The average molecular weight is 459 g/mol. The summed E-state index contributed by atoms with van der Waals surface area (Å²) >= 11 is 0. The fraction of sp³-hybridized carbons (Fsp3) is 0.467. The predicted molar refractivity (Wildman–Crippen MR) is 97.2 cm³/mol. The first kappa shape index (κ1) is 32.1. The van der Waals surface area contributed by atoms with E-state index in [0.29, 0.717) is 19.3 Å². The zero-order valence-corrected chi connectivity index (χ0v) is 18.1. The third-order valence-electron chi connectivity index (χ3n) is 1.84.